The van der Waals surface area contributed by atoms with Crippen molar-refractivity contribution in [1.29, 1.82) is 0 Å². The summed E-state index contributed by atoms with van der Waals surface area (Å²) in [6, 6.07) is 9.35. The van der Waals surface area contributed by atoms with Gasteiger partial charge in [0.25, 0.3) is 6.02 Å². The fraction of sp³-hybridized carbons (Fsp3) is 0.368. The number of benzene rings is 1. The van der Waals surface area contributed by atoms with Crippen LogP contribution in [0.4, 0.5) is 10.5 Å². The van der Waals surface area contributed by atoms with Gasteiger partial charge in [0.15, 0.2) is 0 Å². The van der Waals surface area contributed by atoms with Crippen LogP contribution < -0.4 is 20.5 Å². The van der Waals surface area contributed by atoms with Gasteiger partial charge in [-0.1, -0.05) is 19.1 Å². The fourth-order valence-corrected chi connectivity index (χ4v) is 2.67. The van der Waals surface area contributed by atoms with E-state index in [2.05, 4.69) is 20.3 Å². The van der Waals surface area contributed by atoms with Gasteiger partial charge in [-0.3, -0.25) is 5.32 Å². The predicted molar refractivity (Wildman–Crippen MR) is 104 cm³/mol. The molecular weight excluding hydrogens is 362 g/mol. The van der Waals surface area contributed by atoms with Gasteiger partial charge in [-0.15, -0.1) is 0 Å². The number of hydrogen-bond donors (Lipinski definition) is 2. The van der Waals surface area contributed by atoms with Gasteiger partial charge < -0.3 is 19.9 Å². The van der Waals surface area contributed by atoms with Crippen LogP contribution in [0.25, 0.3) is 0 Å². The monoisotopic (exact) mass is 385 g/mol. The predicted octanol–water partition coefficient (Wildman–Crippen LogP) is 2.30. The minimum absolute atomic E-state index is 0.102. The van der Waals surface area contributed by atoms with Crippen molar-refractivity contribution in [3.63, 3.8) is 0 Å². The molecule has 28 heavy (non-hydrogen) atoms. The molecule has 3 rings (SSSR count). The third-order valence-corrected chi connectivity index (χ3v) is 4.15. The Hall–Kier alpha value is -3.36. The average Bonchev–Trinajstić information content (AvgIpc) is 3.12. The number of amides is 1. The van der Waals surface area contributed by atoms with Crippen LogP contribution in [0.3, 0.4) is 0 Å². The third-order valence-electron chi connectivity index (χ3n) is 4.15. The number of nitrogens with zero attached hydrogens (tertiary/aromatic N) is 3. The van der Waals surface area contributed by atoms with Gasteiger partial charge in [0, 0.05) is 12.1 Å². The number of carbonyl (C=O) groups excluding carboxylic acids is 1. The van der Waals surface area contributed by atoms with Crippen molar-refractivity contribution in [2.75, 3.05) is 19.0 Å². The smallest absolute Gasteiger partial charge is 0.418 e. The van der Waals surface area contributed by atoms with Gasteiger partial charge in [0.1, 0.15) is 12.4 Å². The molecule has 1 aromatic heterocycles. The van der Waals surface area contributed by atoms with Crippen molar-refractivity contribution in [1.82, 2.24) is 9.97 Å². The maximum Gasteiger partial charge on any atom is 0.418 e. The lowest BCUT2D eigenvalue weighted by Crippen LogP contribution is -2.18. The summed E-state index contributed by atoms with van der Waals surface area (Å²) in [4.78, 5) is 24.6. The van der Waals surface area contributed by atoms with E-state index in [1.165, 1.54) is 13.2 Å². The van der Waals surface area contributed by atoms with E-state index in [0.29, 0.717) is 30.4 Å². The van der Waals surface area contributed by atoms with Crippen molar-refractivity contribution in [2.24, 2.45) is 10.7 Å². The van der Waals surface area contributed by atoms with Crippen molar-refractivity contribution >= 4 is 17.8 Å². The number of methoxy groups -OCH3 is 1. The van der Waals surface area contributed by atoms with Gasteiger partial charge >= 0.3 is 6.09 Å². The molecule has 1 aliphatic heterocycles. The number of ether oxygens (including phenoxy) is 3. The molecular formula is C19H23N5O4. The number of aliphatic imine (C=N–C) groups is 1. The molecule has 1 aromatic carbocycles. The van der Waals surface area contributed by atoms with Crippen LogP contribution in [0, 0.1) is 0 Å². The van der Waals surface area contributed by atoms with Gasteiger partial charge in [-0.05, 0) is 30.5 Å². The summed E-state index contributed by atoms with van der Waals surface area (Å²) in [5.74, 6) is 1.01. The zero-order valence-corrected chi connectivity index (χ0v) is 15.8. The first-order valence-corrected chi connectivity index (χ1v) is 9.01. The first-order chi connectivity index (χ1) is 13.6. The zero-order valence-electron chi connectivity index (χ0n) is 15.8. The number of hydrogen-bond acceptors (Lipinski definition) is 8. The lowest BCUT2D eigenvalue weighted by molar-refractivity contribution is 0.213. The zero-order chi connectivity index (χ0) is 19.9. The summed E-state index contributed by atoms with van der Waals surface area (Å²) in [6.07, 6.45) is 1.66. The molecule has 0 fully saturated rings. The Balaban J connectivity index is 1.53. The van der Waals surface area contributed by atoms with Gasteiger partial charge in [0.2, 0.25) is 11.8 Å². The number of anilines is 1. The van der Waals surface area contributed by atoms with Crippen LogP contribution in [0.2, 0.25) is 0 Å². The molecule has 0 spiro atoms. The Kier molecular flexibility index (Phi) is 6.25. The van der Waals surface area contributed by atoms with Crippen LogP contribution in [0.1, 0.15) is 24.7 Å². The van der Waals surface area contributed by atoms with E-state index in [1.807, 2.05) is 31.2 Å². The van der Waals surface area contributed by atoms with Gasteiger partial charge in [-0.25, -0.2) is 9.79 Å². The maximum atomic E-state index is 12.1. The van der Waals surface area contributed by atoms with Gasteiger partial charge in [-0.2, -0.15) is 9.97 Å². The second-order valence-electron chi connectivity index (χ2n) is 6.20. The summed E-state index contributed by atoms with van der Waals surface area (Å²) in [5, 5.41) is 2.67. The molecule has 1 atom stereocenters. The minimum Gasteiger partial charge on any atom is -0.481 e. The second-order valence-corrected chi connectivity index (χ2v) is 6.20. The van der Waals surface area contributed by atoms with E-state index in [1.54, 1.807) is 0 Å². The number of aryl methyl sites for hydroxylation is 2. The minimum atomic E-state index is -0.636. The maximum absolute atomic E-state index is 12.1. The highest BCUT2D eigenvalue weighted by molar-refractivity contribution is 5.86. The van der Waals surface area contributed by atoms with E-state index in [-0.39, 0.29) is 17.9 Å². The first-order valence-electron chi connectivity index (χ1n) is 9.01. The Morgan fingerprint density at radius 2 is 2.04 bits per heavy atom. The number of nitrogens with one attached hydrogen (secondary N) is 1. The largest absolute Gasteiger partial charge is 0.481 e. The van der Waals surface area contributed by atoms with Crippen molar-refractivity contribution < 1.29 is 19.0 Å². The van der Waals surface area contributed by atoms with E-state index in [9.17, 15) is 4.79 Å². The SMILES string of the molecule is CCc1nc(OC)cc(OC(=O)Nc2ccc(CC[C@H]3COC(N)=N3)cc2)n1. The fourth-order valence-electron chi connectivity index (χ4n) is 2.67. The number of carbonyl (C=O) groups is 1. The molecule has 0 aliphatic carbocycles. The highest BCUT2D eigenvalue weighted by Crippen LogP contribution is 2.18. The van der Waals surface area contributed by atoms with Crippen LogP contribution in [0.5, 0.6) is 11.8 Å². The molecule has 0 radical (unpaired) electrons. The molecule has 0 bridgehead atoms. The Labute approximate surface area is 162 Å². The van der Waals surface area contributed by atoms with Crippen LogP contribution in [0.15, 0.2) is 35.3 Å². The average molecular weight is 385 g/mol. The molecule has 2 heterocycles. The summed E-state index contributed by atoms with van der Waals surface area (Å²) < 4.78 is 15.5. The molecule has 3 N–H and O–H groups in total. The van der Waals surface area contributed by atoms with Crippen molar-refractivity contribution in [3.05, 3.63) is 41.7 Å². The number of rotatable bonds is 7. The summed E-state index contributed by atoms with van der Waals surface area (Å²) in [5.41, 5.74) is 7.26. The molecule has 2 aromatic rings. The quantitative estimate of drug-likeness (QED) is 0.750. The normalized spacial score (nSPS) is 15.5. The highest BCUT2D eigenvalue weighted by atomic mass is 16.6. The summed E-state index contributed by atoms with van der Waals surface area (Å²) in [7, 11) is 1.49. The molecule has 0 saturated carbocycles. The Morgan fingerprint density at radius 3 is 2.68 bits per heavy atom. The molecule has 9 heteroatoms. The molecule has 0 saturated heterocycles. The Bertz CT molecular complexity index is 832. The molecule has 9 nitrogen and oxygen atoms in total. The van der Waals surface area contributed by atoms with Crippen LogP contribution in [-0.2, 0) is 17.6 Å². The van der Waals surface area contributed by atoms with Crippen LogP contribution in [-0.4, -0.2) is 41.8 Å². The van der Waals surface area contributed by atoms with Crippen molar-refractivity contribution in [2.45, 2.75) is 32.2 Å². The number of aromatic nitrogens is 2. The van der Waals surface area contributed by atoms with E-state index in [4.69, 9.17) is 19.9 Å². The molecule has 1 aliphatic rings. The van der Waals surface area contributed by atoms with E-state index < -0.39 is 6.09 Å². The lowest BCUT2D eigenvalue weighted by Gasteiger charge is -2.09. The molecule has 148 valence electrons. The number of nitrogens with two attached hydrogens (primary N) is 1. The highest BCUT2D eigenvalue weighted by Gasteiger charge is 2.16. The van der Waals surface area contributed by atoms with Crippen molar-refractivity contribution in [3.8, 4) is 11.8 Å². The number of amidine groups is 1. The van der Waals surface area contributed by atoms with E-state index in [0.717, 1.165) is 18.4 Å². The van der Waals surface area contributed by atoms with Crippen LogP contribution >= 0.6 is 0 Å². The topological polar surface area (TPSA) is 121 Å². The second kappa shape index (κ2) is 9.03. The van der Waals surface area contributed by atoms with Gasteiger partial charge in [0.05, 0.1) is 19.2 Å². The Morgan fingerprint density at radius 1 is 1.29 bits per heavy atom. The van der Waals surface area contributed by atoms with E-state index >= 15 is 0 Å². The molecule has 1 amide bonds. The lowest BCUT2D eigenvalue weighted by atomic mass is 10.1. The first kappa shape index (κ1) is 19.4. The summed E-state index contributed by atoms with van der Waals surface area (Å²) in [6.45, 7) is 2.44. The standard InChI is InChI=1S/C19H23N5O4/c1-3-15-23-16(26-2)10-17(24-15)28-19(25)22-13-7-4-12(5-8-13)6-9-14-11-27-18(20)21-14/h4-5,7-8,10,14H,3,6,9,11H2,1-2H3,(H2,20,21)(H,22,25)/t14-/m0/s1. The molecule has 0 unspecified atom stereocenters. The third kappa shape index (κ3) is 5.32. The summed E-state index contributed by atoms with van der Waals surface area (Å²) >= 11 is 0.